The average Bonchev–Trinajstić information content (AvgIpc) is 2.81. The Bertz CT molecular complexity index is 223. The van der Waals surface area contributed by atoms with Crippen LogP contribution in [0.2, 0.25) is 0 Å². The summed E-state index contributed by atoms with van der Waals surface area (Å²) in [6.07, 6.45) is 3.41. The first-order chi connectivity index (χ1) is 6.66. The van der Waals surface area contributed by atoms with Gasteiger partial charge in [-0.05, 0) is 39.7 Å². The molecule has 80 valence electrons. The number of nitrogens with one attached hydrogen (secondary N) is 1. The molecule has 2 fully saturated rings. The lowest BCUT2D eigenvalue weighted by Crippen LogP contribution is -2.35. The van der Waals surface area contributed by atoms with E-state index in [4.69, 9.17) is 0 Å². The maximum Gasteiger partial charge on any atom is 0.224 e. The van der Waals surface area contributed by atoms with Gasteiger partial charge in [0.1, 0.15) is 0 Å². The zero-order valence-corrected chi connectivity index (χ0v) is 9.12. The molecule has 0 spiro atoms. The highest BCUT2D eigenvalue weighted by Crippen LogP contribution is 2.22. The second-order valence-corrected chi connectivity index (χ2v) is 4.86. The number of carbonyl (C=O) groups is 1. The molecule has 3 nitrogen and oxygen atoms in total. The summed E-state index contributed by atoms with van der Waals surface area (Å²) in [6.45, 7) is 6.43. The van der Waals surface area contributed by atoms with Gasteiger partial charge in [-0.1, -0.05) is 0 Å². The van der Waals surface area contributed by atoms with E-state index in [0.29, 0.717) is 12.1 Å². The molecule has 1 saturated heterocycles. The standard InChI is InChI=1S/C11H20N2O/c1-8(2)13-6-5-9(7-13)11(14)12-10-3-4-10/h8-10H,3-7H2,1-2H3,(H,12,14)/t9-/m1/s1. The van der Waals surface area contributed by atoms with Gasteiger partial charge in [0.15, 0.2) is 0 Å². The molecular formula is C11H20N2O. The fourth-order valence-electron chi connectivity index (χ4n) is 2.02. The van der Waals surface area contributed by atoms with Crippen molar-refractivity contribution in [2.75, 3.05) is 13.1 Å². The molecule has 0 aromatic carbocycles. The summed E-state index contributed by atoms with van der Waals surface area (Å²) in [5.41, 5.74) is 0. The molecule has 1 N–H and O–H groups in total. The van der Waals surface area contributed by atoms with Crippen LogP contribution < -0.4 is 5.32 Å². The molecular weight excluding hydrogens is 176 g/mol. The van der Waals surface area contributed by atoms with Gasteiger partial charge in [0.25, 0.3) is 0 Å². The monoisotopic (exact) mass is 196 g/mol. The SMILES string of the molecule is CC(C)N1CC[C@@H](C(=O)NC2CC2)C1. The van der Waals surface area contributed by atoms with E-state index in [1.54, 1.807) is 0 Å². The minimum absolute atomic E-state index is 0.248. The molecule has 2 aliphatic rings. The van der Waals surface area contributed by atoms with Crippen LogP contribution in [0.4, 0.5) is 0 Å². The van der Waals surface area contributed by atoms with Crippen LogP contribution in [0.3, 0.4) is 0 Å². The molecule has 0 bridgehead atoms. The van der Waals surface area contributed by atoms with E-state index in [1.165, 1.54) is 12.8 Å². The lowest BCUT2D eigenvalue weighted by molar-refractivity contribution is -0.124. The van der Waals surface area contributed by atoms with Crippen molar-refractivity contribution in [3.8, 4) is 0 Å². The van der Waals surface area contributed by atoms with Crippen LogP contribution in [0.5, 0.6) is 0 Å². The van der Waals surface area contributed by atoms with Crippen molar-refractivity contribution < 1.29 is 4.79 Å². The Kier molecular flexibility index (Phi) is 2.77. The third-order valence-corrected chi connectivity index (χ3v) is 3.24. The molecule has 1 heterocycles. The van der Waals surface area contributed by atoms with Crippen LogP contribution in [0, 0.1) is 5.92 Å². The summed E-state index contributed by atoms with van der Waals surface area (Å²) < 4.78 is 0. The molecule has 1 aliphatic carbocycles. The van der Waals surface area contributed by atoms with Crippen LogP contribution in [-0.4, -0.2) is 36.0 Å². The van der Waals surface area contributed by atoms with Gasteiger partial charge in [-0.2, -0.15) is 0 Å². The van der Waals surface area contributed by atoms with Crippen molar-refractivity contribution in [3.05, 3.63) is 0 Å². The fourth-order valence-corrected chi connectivity index (χ4v) is 2.02. The van der Waals surface area contributed by atoms with E-state index in [2.05, 4.69) is 24.1 Å². The first-order valence-electron chi connectivity index (χ1n) is 5.71. The Hall–Kier alpha value is -0.570. The number of nitrogens with zero attached hydrogens (tertiary/aromatic N) is 1. The first kappa shape index (κ1) is 9.97. The Balaban J connectivity index is 1.78. The lowest BCUT2D eigenvalue weighted by atomic mass is 10.1. The van der Waals surface area contributed by atoms with E-state index in [1.807, 2.05) is 0 Å². The van der Waals surface area contributed by atoms with Gasteiger partial charge in [0.05, 0.1) is 5.92 Å². The highest BCUT2D eigenvalue weighted by Gasteiger charge is 2.32. The number of rotatable bonds is 3. The van der Waals surface area contributed by atoms with Crippen molar-refractivity contribution in [2.24, 2.45) is 5.92 Å². The van der Waals surface area contributed by atoms with E-state index in [-0.39, 0.29) is 11.8 Å². The molecule has 1 aliphatic heterocycles. The van der Waals surface area contributed by atoms with Crippen molar-refractivity contribution in [1.29, 1.82) is 0 Å². The quantitative estimate of drug-likeness (QED) is 0.730. The second-order valence-electron chi connectivity index (χ2n) is 4.86. The number of amides is 1. The average molecular weight is 196 g/mol. The topological polar surface area (TPSA) is 32.3 Å². The molecule has 14 heavy (non-hydrogen) atoms. The highest BCUT2D eigenvalue weighted by molar-refractivity contribution is 5.79. The molecule has 2 rings (SSSR count). The summed E-state index contributed by atoms with van der Waals surface area (Å²) in [5.74, 6) is 0.536. The molecule has 3 heteroatoms. The summed E-state index contributed by atoms with van der Waals surface area (Å²) in [6, 6.07) is 1.09. The second kappa shape index (κ2) is 3.89. The minimum atomic E-state index is 0.248. The van der Waals surface area contributed by atoms with Gasteiger partial charge in [0.2, 0.25) is 5.91 Å². The van der Waals surface area contributed by atoms with Gasteiger partial charge in [0, 0.05) is 18.6 Å². The van der Waals surface area contributed by atoms with Crippen LogP contribution in [0.15, 0.2) is 0 Å². The maximum atomic E-state index is 11.7. The van der Waals surface area contributed by atoms with E-state index in [0.717, 1.165) is 19.5 Å². The van der Waals surface area contributed by atoms with Gasteiger partial charge < -0.3 is 10.2 Å². The normalized spacial score (nSPS) is 28.4. The Morgan fingerprint density at radius 1 is 1.36 bits per heavy atom. The van der Waals surface area contributed by atoms with E-state index in [9.17, 15) is 4.79 Å². The van der Waals surface area contributed by atoms with Crippen molar-refractivity contribution in [1.82, 2.24) is 10.2 Å². The highest BCUT2D eigenvalue weighted by atomic mass is 16.2. The van der Waals surface area contributed by atoms with Gasteiger partial charge >= 0.3 is 0 Å². The van der Waals surface area contributed by atoms with Crippen LogP contribution >= 0.6 is 0 Å². The first-order valence-corrected chi connectivity index (χ1v) is 5.71. The summed E-state index contributed by atoms with van der Waals surface area (Å²) in [5, 5.41) is 3.09. The summed E-state index contributed by atoms with van der Waals surface area (Å²) in [7, 11) is 0. The van der Waals surface area contributed by atoms with Crippen molar-refractivity contribution in [3.63, 3.8) is 0 Å². The van der Waals surface area contributed by atoms with Gasteiger partial charge in [-0.3, -0.25) is 4.79 Å². The number of hydrogen-bond donors (Lipinski definition) is 1. The fraction of sp³-hybridized carbons (Fsp3) is 0.909. The van der Waals surface area contributed by atoms with E-state index >= 15 is 0 Å². The third kappa shape index (κ3) is 2.27. The molecule has 0 aromatic heterocycles. The Morgan fingerprint density at radius 2 is 2.07 bits per heavy atom. The predicted molar refractivity (Wildman–Crippen MR) is 56.0 cm³/mol. The molecule has 1 atom stereocenters. The lowest BCUT2D eigenvalue weighted by Gasteiger charge is -2.19. The third-order valence-electron chi connectivity index (χ3n) is 3.24. The van der Waals surface area contributed by atoms with Crippen LogP contribution in [0.1, 0.15) is 33.1 Å². The maximum absolute atomic E-state index is 11.7. The van der Waals surface area contributed by atoms with Crippen LogP contribution in [0.25, 0.3) is 0 Å². The number of carbonyl (C=O) groups excluding carboxylic acids is 1. The molecule has 1 amide bonds. The van der Waals surface area contributed by atoms with Gasteiger partial charge in [-0.25, -0.2) is 0 Å². The molecule has 0 unspecified atom stereocenters. The molecule has 0 aromatic rings. The van der Waals surface area contributed by atoms with Gasteiger partial charge in [-0.15, -0.1) is 0 Å². The Morgan fingerprint density at radius 3 is 2.57 bits per heavy atom. The Labute approximate surface area is 85.8 Å². The largest absolute Gasteiger partial charge is 0.353 e. The zero-order chi connectivity index (χ0) is 10.1. The zero-order valence-electron chi connectivity index (χ0n) is 9.12. The minimum Gasteiger partial charge on any atom is -0.353 e. The van der Waals surface area contributed by atoms with Crippen molar-refractivity contribution in [2.45, 2.75) is 45.2 Å². The molecule has 0 radical (unpaired) electrons. The summed E-state index contributed by atoms with van der Waals surface area (Å²) >= 11 is 0. The van der Waals surface area contributed by atoms with Crippen LogP contribution in [-0.2, 0) is 4.79 Å². The number of hydrogen-bond acceptors (Lipinski definition) is 2. The smallest absolute Gasteiger partial charge is 0.224 e. The predicted octanol–water partition coefficient (Wildman–Crippen LogP) is 0.995. The summed E-state index contributed by atoms with van der Waals surface area (Å²) in [4.78, 5) is 14.1. The molecule has 1 saturated carbocycles. The number of likely N-dealkylation sites (tertiary alicyclic amines) is 1. The van der Waals surface area contributed by atoms with Crippen molar-refractivity contribution >= 4 is 5.91 Å². The van der Waals surface area contributed by atoms with E-state index < -0.39 is 0 Å².